The van der Waals surface area contributed by atoms with Crippen LogP contribution in [0.3, 0.4) is 0 Å². The predicted octanol–water partition coefficient (Wildman–Crippen LogP) is 0.0557. The standard InChI is InChI=1S/C7H7NO6S3/c9-16(10,11)7(17(12,13)14)4-2-1-3-6(7)8-5-15/h1-4,6H,(H,9,10,11)(H,12,13,14). The Kier molecular flexibility index (Phi) is 3.67. The van der Waals surface area contributed by atoms with Crippen molar-refractivity contribution in [2.45, 2.75) is 10.1 Å². The molecule has 1 unspecified atom stereocenters. The summed E-state index contributed by atoms with van der Waals surface area (Å²) in [7, 11) is -10.3. The molecule has 94 valence electrons. The Morgan fingerprint density at radius 1 is 1.18 bits per heavy atom. The Labute approximate surface area is 103 Å². The van der Waals surface area contributed by atoms with E-state index in [9.17, 15) is 16.8 Å². The molecule has 0 spiro atoms. The summed E-state index contributed by atoms with van der Waals surface area (Å²) in [5.74, 6) is 0. The molecule has 0 aromatic heterocycles. The SMILES string of the molecule is O=S(=O)(O)C1(S(=O)(=O)O)C=CC=CC1N=C=S. The van der Waals surface area contributed by atoms with Crippen molar-refractivity contribution in [1.82, 2.24) is 0 Å². The van der Waals surface area contributed by atoms with E-state index in [1.54, 1.807) is 0 Å². The largest absolute Gasteiger partial charge is 0.294 e. The number of hydrogen-bond donors (Lipinski definition) is 2. The van der Waals surface area contributed by atoms with Crippen molar-refractivity contribution in [3.63, 3.8) is 0 Å². The number of allylic oxidation sites excluding steroid dienone is 2. The van der Waals surface area contributed by atoms with Crippen molar-refractivity contribution in [2.75, 3.05) is 0 Å². The molecule has 2 N–H and O–H groups in total. The predicted molar refractivity (Wildman–Crippen MR) is 62.9 cm³/mol. The van der Waals surface area contributed by atoms with Crippen molar-refractivity contribution in [2.24, 2.45) is 4.99 Å². The van der Waals surface area contributed by atoms with Crippen LogP contribution in [0.4, 0.5) is 0 Å². The lowest BCUT2D eigenvalue weighted by molar-refractivity contribution is 0.429. The van der Waals surface area contributed by atoms with Gasteiger partial charge in [0.1, 0.15) is 6.04 Å². The van der Waals surface area contributed by atoms with Gasteiger partial charge in [0.15, 0.2) is 0 Å². The minimum atomic E-state index is -5.17. The smallest absolute Gasteiger partial charge is 0.284 e. The van der Waals surface area contributed by atoms with Crippen LogP contribution in [0.25, 0.3) is 0 Å². The molecule has 0 aromatic rings. The number of isothiocyanates is 1. The highest BCUT2D eigenvalue weighted by molar-refractivity contribution is 8.05. The van der Waals surface area contributed by atoms with E-state index in [2.05, 4.69) is 17.2 Å². The molecular weight excluding hydrogens is 290 g/mol. The van der Waals surface area contributed by atoms with Gasteiger partial charge in [0, 0.05) is 0 Å². The van der Waals surface area contributed by atoms with Crippen molar-refractivity contribution in [3.8, 4) is 0 Å². The third-order valence-corrected chi connectivity index (χ3v) is 5.88. The highest BCUT2D eigenvalue weighted by Crippen LogP contribution is 2.34. The molecule has 0 radical (unpaired) electrons. The van der Waals surface area contributed by atoms with Gasteiger partial charge in [-0.15, -0.1) is 0 Å². The van der Waals surface area contributed by atoms with E-state index in [-0.39, 0.29) is 0 Å². The molecule has 0 saturated heterocycles. The molecule has 0 fully saturated rings. The summed E-state index contributed by atoms with van der Waals surface area (Å²) >= 11 is 4.25. The molecule has 1 atom stereocenters. The lowest BCUT2D eigenvalue weighted by atomic mass is 10.1. The normalized spacial score (nSPS) is 23.1. The number of nitrogens with zero attached hydrogens (tertiary/aromatic N) is 1. The maximum Gasteiger partial charge on any atom is 0.294 e. The Morgan fingerprint density at radius 3 is 2.12 bits per heavy atom. The highest BCUT2D eigenvalue weighted by atomic mass is 32.3. The second kappa shape index (κ2) is 4.41. The van der Waals surface area contributed by atoms with Crippen molar-refractivity contribution < 1.29 is 25.9 Å². The van der Waals surface area contributed by atoms with Crippen LogP contribution >= 0.6 is 12.2 Å². The molecule has 1 aliphatic rings. The Balaban J connectivity index is 3.71. The Morgan fingerprint density at radius 2 is 1.71 bits per heavy atom. The van der Waals surface area contributed by atoms with Gasteiger partial charge in [0.05, 0.1) is 5.16 Å². The van der Waals surface area contributed by atoms with Crippen LogP contribution in [0.15, 0.2) is 29.3 Å². The second-order valence-electron chi connectivity index (χ2n) is 3.08. The van der Waals surface area contributed by atoms with Gasteiger partial charge in [-0.25, -0.2) is 4.99 Å². The fourth-order valence-corrected chi connectivity index (χ4v) is 3.94. The topological polar surface area (TPSA) is 121 Å². The van der Waals surface area contributed by atoms with Gasteiger partial charge in [-0.2, -0.15) is 16.8 Å². The molecule has 0 bridgehead atoms. The zero-order valence-corrected chi connectivity index (χ0v) is 10.5. The van der Waals surface area contributed by atoms with Gasteiger partial charge in [-0.05, 0) is 18.3 Å². The molecule has 1 rings (SSSR count). The zero-order chi connectivity index (χ0) is 13.3. The summed E-state index contributed by atoms with van der Waals surface area (Å²) in [6, 6.07) is -1.60. The van der Waals surface area contributed by atoms with E-state index < -0.39 is 30.4 Å². The van der Waals surface area contributed by atoms with E-state index in [1.165, 1.54) is 6.08 Å². The zero-order valence-electron chi connectivity index (χ0n) is 8.09. The summed E-state index contributed by atoms with van der Waals surface area (Å²) in [6.07, 6.45) is 4.03. The van der Waals surface area contributed by atoms with E-state index in [1.807, 2.05) is 5.16 Å². The van der Waals surface area contributed by atoms with Gasteiger partial charge in [-0.3, -0.25) is 9.11 Å². The van der Waals surface area contributed by atoms with Crippen LogP contribution in [0.1, 0.15) is 0 Å². The fourth-order valence-electron chi connectivity index (χ4n) is 1.39. The average Bonchev–Trinajstić information content (AvgIpc) is 2.15. The monoisotopic (exact) mass is 297 g/mol. The second-order valence-corrected chi connectivity index (χ2v) is 6.77. The van der Waals surface area contributed by atoms with Crippen LogP contribution < -0.4 is 0 Å². The van der Waals surface area contributed by atoms with Gasteiger partial charge >= 0.3 is 0 Å². The summed E-state index contributed by atoms with van der Waals surface area (Å²) in [5.41, 5.74) is 0. The minimum Gasteiger partial charge on any atom is -0.284 e. The average molecular weight is 297 g/mol. The molecule has 10 heteroatoms. The first-order valence-corrected chi connectivity index (χ1v) is 7.33. The molecular formula is C7H7NO6S3. The van der Waals surface area contributed by atoms with E-state index in [0.717, 1.165) is 12.2 Å². The molecule has 0 aliphatic heterocycles. The third kappa shape index (κ3) is 2.23. The van der Waals surface area contributed by atoms with E-state index in [4.69, 9.17) is 9.11 Å². The number of aliphatic imine (C=N–C) groups is 1. The first kappa shape index (κ1) is 14.2. The van der Waals surface area contributed by atoms with Crippen LogP contribution in [0.2, 0.25) is 0 Å². The lowest BCUT2D eigenvalue weighted by Gasteiger charge is -2.28. The van der Waals surface area contributed by atoms with Crippen LogP contribution in [-0.2, 0) is 20.2 Å². The van der Waals surface area contributed by atoms with E-state index >= 15 is 0 Å². The first-order chi connectivity index (χ1) is 7.67. The van der Waals surface area contributed by atoms with Gasteiger partial charge in [0.2, 0.25) is 0 Å². The highest BCUT2D eigenvalue weighted by Gasteiger charge is 2.58. The molecule has 17 heavy (non-hydrogen) atoms. The molecule has 1 aliphatic carbocycles. The molecule has 0 aromatic carbocycles. The third-order valence-electron chi connectivity index (χ3n) is 2.14. The van der Waals surface area contributed by atoms with Crippen LogP contribution in [0.5, 0.6) is 0 Å². The summed E-state index contributed by atoms with van der Waals surface area (Å²) < 4.78 is 60.1. The van der Waals surface area contributed by atoms with Gasteiger partial charge < -0.3 is 0 Å². The summed E-state index contributed by atoms with van der Waals surface area (Å²) in [5, 5.41) is 1.81. The van der Waals surface area contributed by atoms with Crippen LogP contribution in [-0.4, -0.2) is 41.2 Å². The fraction of sp³-hybridized carbons (Fsp3) is 0.286. The molecule has 0 saturated carbocycles. The number of thiocarbonyl (C=S) groups is 1. The van der Waals surface area contributed by atoms with Crippen molar-refractivity contribution in [3.05, 3.63) is 24.3 Å². The maximum absolute atomic E-state index is 11.2. The Hall–Kier alpha value is -0.900. The van der Waals surface area contributed by atoms with Gasteiger partial charge in [0.25, 0.3) is 24.3 Å². The summed E-state index contributed by atoms with van der Waals surface area (Å²) in [4.78, 5) is 3.32. The minimum absolute atomic E-state index is 0.624. The van der Waals surface area contributed by atoms with Crippen LogP contribution in [0, 0.1) is 0 Å². The van der Waals surface area contributed by atoms with Crippen molar-refractivity contribution >= 4 is 37.6 Å². The molecule has 0 heterocycles. The maximum atomic E-state index is 11.2. The lowest BCUT2D eigenvalue weighted by Crippen LogP contribution is -2.52. The molecule has 0 amide bonds. The first-order valence-electron chi connectivity index (χ1n) is 4.04. The quantitative estimate of drug-likeness (QED) is 0.429. The van der Waals surface area contributed by atoms with Gasteiger partial charge in [-0.1, -0.05) is 18.2 Å². The summed E-state index contributed by atoms with van der Waals surface area (Å²) in [6.45, 7) is 0. The Bertz CT molecular complexity index is 591. The van der Waals surface area contributed by atoms with E-state index in [0.29, 0.717) is 6.08 Å². The number of rotatable bonds is 3. The number of hydrogen-bond acceptors (Lipinski definition) is 6. The van der Waals surface area contributed by atoms with Crippen molar-refractivity contribution in [1.29, 1.82) is 0 Å². The molecule has 7 nitrogen and oxygen atoms in total.